The molecule has 2 heterocycles. The highest BCUT2D eigenvalue weighted by Crippen LogP contribution is 2.45. The van der Waals surface area contributed by atoms with Gasteiger partial charge in [-0.2, -0.15) is 10.2 Å². The van der Waals surface area contributed by atoms with E-state index in [9.17, 15) is 13.6 Å². The van der Waals surface area contributed by atoms with Gasteiger partial charge < -0.3 is 0 Å². The van der Waals surface area contributed by atoms with Crippen LogP contribution in [0.25, 0.3) is 6.08 Å². The lowest BCUT2D eigenvalue weighted by Crippen LogP contribution is -2.32. The van der Waals surface area contributed by atoms with E-state index in [-0.39, 0.29) is 28.3 Å². The standard InChI is InChI=1S/C26H23ClF2N4O/c1-2-32-15-22(27)24(30-32)26(34)33-25(17-8-12-20(29)13-9-17)21-5-3-4-18(23(21)31-33)14-16-6-10-19(28)11-7-16/h6-15,21,25H,2-5H2,1H3/b18-14-/t21-,25-/m0/s1. The highest BCUT2D eigenvalue weighted by Gasteiger charge is 2.44. The van der Waals surface area contributed by atoms with Crippen LogP contribution in [0.1, 0.15) is 53.8 Å². The fourth-order valence-electron chi connectivity index (χ4n) is 4.73. The molecule has 2 aliphatic rings. The Hall–Kier alpha value is -3.32. The number of amides is 1. The molecule has 0 unspecified atom stereocenters. The maximum atomic E-state index is 13.7. The molecular weight excluding hydrogens is 458 g/mol. The maximum Gasteiger partial charge on any atom is 0.296 e. The lowest BCUT2D eigenvalue weighted by atomic mass is 9.77. The molecule has 0 radical (unpaired) electrons. The number of hydrogen-bond donors (Lipinski definition) is 0. The average molecular weight is 481 g/mol. The van der Waals surface area contributed by atoms with Crippen molar-refractivity contribution in [3.8, 4) is 0 Å². The number of nitrogens with zero attached hydrogens (tertiary/aromatic N) is 4. The molecule has 5 rings (SSSR count). The van der Waals surface area contributed by atoms with Gasteiger partial charge in [0.15, 0.2) is 5.69 Å². The number of carbonyl (C=O) groups excluding carboxylic acids is 1. The first-order chi connectivity index (χ1) is 16.4. The van der Waals surface area contributed by atoms with E-state index in [0.717, 1.165) is 41.7 Å². The second-order valence-electron chi connectivity index (χ2n) is 8.53. The number of halogens is 3. The summed E-state index contributed by atoms with van der Waals surface area (Å²) < 4.78 is 28.7. The number of hydrogen-bond acceptors (Lipinski definition) is 3. The third-order valence-electron chi connectivity index (χ3n) is 6.38. The zero-order valence-corrected chi connectivity index (χ0v) is 19.3. The minimum atomic E-state index is -0.400. The van der Waals surface area contributed by atoms with Crippen LogP contribution in [0.4, 0.5) is 8.78 Å². The Morgan fingerprint density at radius 3 is 2.44 bits per heavy atom. The van der Waals surface area contributed by atoms with Crippen LogP contribution in [0.3, 0.4) is 0 Å². The fourth-order valence-corrected chi connectivity index (χ4v) is 4.97. The van der Waals surface area contributed by atoms with Gasteiger partial charge in [0.05, 0.1) is 16.8 Å². The summed E-state index contributed by atoms with van der Waals surface area (Å²) in [5, 5.41) is 10.9. The van der Waals surface area contributed by atoms with Gasteiger partial charge in [0.25, 0.3) is 5.91 Å². The third-order valence-corrected chi connectivity index (χ3v) is 6.65. The molecule has 1 aromatic heterocycles. The van der Waals surface area contributed by atoms with Gasteiger partial charge in [-0.1, -0.05) is 35.9 Å². The van der Waals surface area contributed by atoms with E-state index in [4.69, 9.17) is 16.7 Å². The van der Waals surface area contributed by atoms with E-state index in [1.165, 1.54) is 29.3 Å². The Morgan fingerprint density at radius 2 is 1.79 bits per heavy atom. The number of allylic oxidation sites excluding steroid dienone is 1. The Kier molecular flexibility index (Phi) is 6.04. The van der Waals surface area contributed by atoms with E-state index in [1.54, 1.807) is 35.1 Å². The van der Waals surface area contributed by atoms with Crippen LogP contribution < -0.4 is 0 Å². The van der Waals surface area contributed by atoms with E-state index in [0.29, 0.717) is 6.54 Å². The predicted molar refractivity (Wildman–Crippen MR) is 127 cm³/mol. The predicted octanol–water partition coefficient (Wildman–Crippen LogP) is 6.27. The van der Waals surface area contributed by atoms with Crippen molar-refractivity contribution in [3.63, 3.8) is 0 Å². The van der Waals surface area contributed by atoms with Gasteiger partial charge in [-0.3, -0.25) is 9.48 Å². The van der Waals surface area contributed by atoms with Gasteiger partial charge in [-0.15, -0.1) is 0 Å². The number of benzene rings is 2. The van der Waals surface area contributed by atoms with Crippen LogP contribution in [0, 0.1) is 17.6 Å². The van der Waals surface area contributed by atoms with Gasteiger partial charge in [0.2, 0.25) is 0 Å². The normalized spacial score (nSPS) is 21.0. The molecular formula is C26H23ClF2N4O. The fraction of sp³-hybridized carbons (Fsp3) is 0.269. The number of aryl methyl sites for hydroxylation is 1. The molecule has 0 saturated heterocycles. The smallest absolute Gasteiger partial charge is 0.271 e. The van der Waals surface area contributed by atoms with Crippen molar-refractivity contribution in [2.24, 2.45) is 11.0 Å². The highest BCUT2D eigenvalue weighted by molar-refractivity contribution is 6.33. The molecule has 8 heteroatoms. The molecule has 2 aromatic carbocycles. The van der Waals surface area contributed by atoms with E-state index in [2.05, 4.69) is 5.10 Å². The first-order valence-electron chi connectivity index (χ1n) is 11.3. The van der Waals surface area contributed by atoms with Gasteiger partial charge in [0.1, 0.15) is 11.6 Å². The summed E-state index contributed by atoms with van der Waals surface area (Å²) in [6.07, 6.45) is 6.18. The molecule has 5 nitrogen and oxygen atoms in total. The minimum absolute atomic E-state index is 0.0538. The van der Waals surface area contributed by atoms with Gasteiger partial charge in [-0.05, 0) is 73.2 Å². The Bertz CT molecular complexity index is 1280. The van der Waals surface area contributed by atoms with Crippen LogP contribution >= 0.6 is 11.6 Å². The van der Waals surface area contributed by atoms with Gasteiger partial charge >= 0.3 is 0 Å². The molecule has 3 aromatic rings. The maximum absolute atomic E-state index is 13.7. The summed E-state index contributed by atoms with van der Waals surface area (Å²) in [7, 11) is 0. The van der Waals surface area contributed by atoms with Crippen LogP contribution in [-0.2, 0) is 6.54 Å². The van der Waals surface area contributed by atoms with Crippen molar-refractivity contribution in [3.05, 3.63) is 93.8 Å². The zero-order valence-electron chi connectivity index (χ0n) is 18.6. The molecule has 1 amide bonds. The van der Waals surface area contributed by atoms with Crippen molar-refractivity contribution < 1.29 is 13.6 Å². The summed E-state index contributed by atoms with van der Waals surface area (Å²) in [5.41, 5.74) is 3.64. The summed E-state index contributed by atoms with van der Waals surface area (Å²) in [5.74, 6) is -1.08. The summed E-state index contributed by atoms with van der Waals surface area (Å²) in [6.45, 7) is 2.49. The van der Waals surface area contributed by atoms with Crippen molar-refractivity contribution in [1.29, 1.82) is 0 Å². The molecule has 2 atom stereocenters. The SMILES string of the molecule is CCn1cc(Cl)c(C(=O)N2N=C3/C(=C\c4ccc(F)cc4)CCC[C@@H]3[C@@H]2c2ccc(F)cc2)n1. The van der Waals surface area contributed by atoms with Crippen LogP contribution in [-0.4, -0.2) is 26.4 Å². The quantitative estimate of drug-likeness (QED) is 0.441. The summed E-state index contributed by atoms with van der Waals surface area (Å²) in [6, 6.07) is 12.1. The molecule has 174 valence electrons. The molecule has 0 N–H and O–H groups in total. The minimum Gasteiger partial charge on any atom is -0.271 e. The number of hydrazone groups is 1. The van der Waals surface area contributed by atoms with Crippen molar-refractivity contribution >= 4 is 29.3 Å². The van der Waals surface area contributed by atoms with E-state index >= 15 is 0 Å². The van der Waals surface area contributed by atoms with Crippen molar-refractivity contribution in [2.45, 2.75) is 38.8 Å². The number of rotatable bonds is 4. The molecule has 1 saturated carbocycles. The second kappa shape index (κ2) is 9.14. The second-order valence-corrected chi connectivity index (χ2v) is 8.94. The third kappa shape index (κ3) is 4.16. The number of carbonyl (C=O) groups is 1. The van der Waals surface area contributed by atoms with Gasteiger partial charge in [-0.25, -0.2) is 13.8 Å². The average Bonchev–Trinajstić information content (AvgIpc) is 3.42. The lowest BCUT2D eigenvalue weighted by molar-refractivity contribution is 0.0674. The number of aromatic nitrogens is 2. The Morgan fingerprint density at radius 1 is 1.12 bits per heavy atom. The van der Waals surface area contributed by atoms with E-state index in [1.807, 2.05) is 13.0 Å². The monoisotopic (exact) mass is 480 g/mol. The first-order valence-corrected chi connectivity index (χ1v) is 11.7. The van der Waals surface area contributed by atoms with E-state index < -0.39 is 11.9 Å². The zero-order chi connectivity index (χ0) is 23.8. The lowest BCUT2D eigenvalue weighted by Gasteiger charge is -2.29. The van der Waals surface area contributed by atoms with Crippen molar-refractivity contribution in [2.75, 3.05) is 0 Å². The topological polar surface area (TPSA) is 50.5 Å². The Balaban J connectivity index is 1.58. The molecule has 0 spiro atoms. The van der Waals surface area contributed by atoms with Crippen molar-refractivity contribution in [1.82, 2.24) is 14.8 Å². The largest absolute Gasteiger partial charge is 0.296 e. The first kappa shape index (κ1) is 22.5. The molecule has 1 aliphatic heterocycles. The highest BCUT2D eigenvalue weighted by atomic mass is 35.5. The molecule has 1 fully saturated rings. The molecule has 0 bridgehead atoms. The van der Waals surface area contributed by atoms with Crippen LogP contribution in [0.5, 0.6) is 0 Å². The molecule has 34 heavy (non-hydrogen) atoms. The molecule has 1 aliphatic carbocycles. The van der Waals surface area contributed by atoms with Crippen LogP contribution in [0.2, 0.25) is 5.02 Å². The summed E-state index contributed by atoms with van der Waals surface area (Å²) >= 11 is 6.34. The number of fused-ring (bicyclic) bond motifs is 1. The Labute approximate surface area is 201 Å². The summed E-state index contributed by atoms with van der Waals surface area (Å²) in [4.78, 5) is 13.6. The van der Waals surface area contributed by atoms with Crippen LogP contribution in [0.15, 0.2) is 65.4 Å². The van der Waals surface area contributed by atoms with Gasteiger partial charge in [0, 0.05) is 18.7 Å².